The Hall–Kier alpha value is -2.16. The van der Waals surface area contributed by atoms with Gasteiger partial charge in [0.15, 0.2) is 9.84 Å². The first kappa shape index (κ1) is 14.3. The molecule has 1 saturated heterocycles. The summed E-state index contributed by atoms with van der Waals surface area (Å²) in [6.45, 7) is 0.362. The molecule has 0 bridgehead atoms. The van der Waals surface area contributed by atoms with Gasteiger partial charge in [-0.1, -0.05) is 0 Å². The molecule has 1 aliphatic rings. The highest BCUT2D eigenvalue weighted by atomic mass is 32.2. The molecule has 108 valence electrons. The minimum absolute atomic E-state index is 0.0525. The van der Waals surface area contributed by atoms with E-state index in [0.29, 0.717) is 5.69 Å². The van der Waals surface area contributed by atoms with Crippen LogP contribution in [0.4, 0.5) is 11.4 Å². The van der Waals surface area contributed by atoms with Gasteiger partial charge in [0.1, 0.15) is 0 Å². The van der Waals surface area contributed by atoms with Crippen LogP contribution in [0, 0.1) is 10.1 Å². The molecule has 0 unspecified atom stereocenters. The van der Waals surface area contributed by atoms with Gasteiger partial charge in [0.25, 0.3) is 5.69 Å². The minimum Gasteiger partial charge on any atom is -0.478 e. The summed E-state index contributed by atoms with van der Waals surface area (Å²) in [7, 11) is -3.08. The molecule has 0 amide bonds. The van der Waals surface area contributed by atoms with Gasteiger partial charge in [-0.25, -0.2) is 13.2 Å². The second-order valence-corrected chi connectivity index (χ2v) is 6.71. The largest absolute Gasteiger partial charge is 0.478 e. The number of carboxylic acid groups (broad SMARTS) is 1. The van der Waals surface area contributed by atoms with Crippen LogP contribution in [-0.4, -0.2) is 49.0 Å². The maximum Gasteiger partial charge on any atom is 0.338 e. The molecule has 0 spiro atoms. The van der Waals surface area contributed by atoms with Crippen LogP contribution < -0.4 is 4.90 Å². The predicted molar refractivity (Wildman–Crippen MR) is 70.9 cm³/mol. The molecule has 1 aliphatic heterocycles. The van der Waals surface area contributed by atoms with E-state index in [0.717, 1.165) is 6.07 Å². The zero-order valence-electron chi connectivity index (χ0n) is 10.4. The third kappa shape index (κ3) is 2.87. The third-order valence-electron chi connectivity index (χ3n) is 3.11. The molecule has 1 heterocycles. The van der Waals surface area contributed by atoms with Crippen molar-refractivity contribution in [1.29, 1.82) is 0 Å². The fourth-order valence-electron chi connectivity index (χ4n) is 2.04. The van der Waals surface area contributed by atoms with Crippen LogP contribution in [0.2, 0.25) is 0 Å². The Balaban J connectivity index is 2.37. The number of carbonyl (C=O) groups is 1. The SMILES string of the molecule is O=C(O)c1cc([N+](=O)[O-])ccc1N1CCS(=O)(=O)CC1. The first-order valence-corrected chi connectivity index (χ1v) is 7.59. The van der Waals surface area contributed by atoms with Crippen molar-refractivity contribution >= 4 is 27.2 Å². The summed E-state index contributed by atoms with van der Waals surface area (Å²) >= 11 is 0. The summed E-state index contributed by atoms with van der Waals surface area (Å²) in [5.74, 6) is -1.39. The molecule has 9 heteroatoms. The number of aromatic carboxylic acids is 1. The molecule has 1 aromatic carbocycles. The van der Waals surface area contributed by atoms with Crippen molar-refractivity contribution in [2.24, 2.45) is 0 Å². The monoisotopic (exact) mass is 300 g/mol. The Morgan fingerprint density at radius 2 is 1.90 bits per heavy atom. The molecule has 0 atom stereocenters. The molecule has 0 radical (unpaired) electrons. The topological polar surface area (TPSA) is 118 Å². The number of rotatable bonds is 3. The lowest BCUT2D eigenvalue weighted by Gasteiger charge is -2.29. The van der Waals surface area contributed by atoms with Crippen LogP contribution in [0.1, 0.15) is 10.4 Å². The van der Waals surface area contributed by atoms with Crippen molar-refractivity contribution in [3.8, 4) is 0 Å². The average molecular weight is 300 g/mol. The number of benzene rings is 1. The van der Waals surface area contributed by atoms with Crippen LogP contribution in [0.25, 0.3) is 0 Å². The summed E-state index contributed by atoms with van der Waals surface area (Å²) in [5, 5.41) is 19.8. The highest BCUT2D eigenvalue weighted by Gasteiger charge is 2.26. The van der Waals surface area contributed by atoms with Gasteiger partial charge in [-0.05, 0) is 6.07 Å². The zero-order valence-corrected chi connectivity index (χ0v) is 11.2. The normalized spacial score (nSPS) is 17.7. The number of non-ortho nitro benzene ring substituents is 1. The summed E-state index contributed by atoms with van der Waals surface area (Å²) in [4.78, 5) is 22.8. The average Bonchev–Trinajstić information content (AvgIpc) is 2.38. The van der Waals surface area contributed by atoms with E-state index in [9.17, 15) is 23.3 Å². The number of anilines is 1. The number of sulfone groups is 1. The van der Waals surface area contributed by atoms with E-state index in [1.165, 1.54) is 12.1 Å². The fraction of sp³-hybridized carbons (Fsp3) is 0.364. The summed E-state index contributed by atoms with van der Waals surface area (Å²) in [6, 6.07) is 3.55. The predicted octanol–water partition coefficient (Wildman–Crippen LogP) is 0.528. The zero-order chi connectivity index (χ0) is 14.9. The molecule has 1 fully saturated rings. The number of nitrogens with zero attached hydrogens (tertiary/aromatic N) is 2. The van der Waals surface area contributed by atoms with Crippen LogP contribution in [0.15, 0.2) is 18.2 Å². The molecular weight excluding hydrogens is 288 g/mol. The smallest absolute Gasteiger partial charge is 0.338 e. The van der Waals surface area contributed by atoms with E-state index in [2.05, 4.69) is 0 Å². The van der Waals surface area contributed by atoms with Crippen molar-refractivity contribution in [2.75, 3.05) is 29.5 Å². The van der Waals surface area contributed by atoms with Crippen molar-refractivity contribution in [1.82, 2.24) is 0 Å². The maximum atomic E-state index is 11.4. The van der Waals surface area contributed by atoms with Crippen LogP contribution in [0.5, 0.6) is 0 Å². The lowest BCUT2D eigenvalue weighted by atomic mass is 10.1. The van der Waals surface area contributed by atoms with E-state index in [4.69, 9.17) is 5.11 Å². The van der Waals surface area contributed by atoms with E-state index in [-0.39, 0.29) is 35.8 Å². The maximum absolute atomic E-state index is 11.4. The molecule has 0 aliphatic carbocycles. The quantitative estimate of drug-likeness (QED) is 0.638. The molecule has 1 aromatic rings. The fourth-order valence-corrected chi connectivity index (χ4v) is 3.24. The second-order valence-electron chi connectivity index (χ2n) is 4.40. The van der Waals surface area contributed by atoms with Crippen molar-refractivity contribution in [3.63, 3.8) is 0 Å². The first-order chi connectivity index (χ1) is 9.30. The molecule has 0 aromatic heterocycles. The lowest BCUT2D eigenvalue weighted by molar-refractivity contribution is -0.384. The molecule has 0 saturated carbocycles. The van der Waals surface area contributed by atoms with E-state index in [1.54, 1.807) is 4.90 Å². The van der Waals surface area contributed by atoms with Crippen LogP contribution >= 0.6 is 0 Å². The Morgan fingerprint density at radius 1 is 1.30 bits per heavy atom. The molecule has 1 N–H and O–H groups in total. The third-order valence-corrected chi connectivity index (χ3v) is 4.72. The van der Waals surface area contributed by atoms with Gasteiger partial charge in [0, 0.05) is 25.2 Å². The van der Waals surface area contributed by atoms with E-state index in [1.807, 2.05) is 0 Å². The van der Waals surface area contributed by atoms with Crippen LogP contribution in [0.3, 0.4) is 0 Å². The summed E-state index contributed by atoms with van der Waals surface area (Å²) in [5.41, 5.74) is -0.202. The van der Waals surface area contributed by atoms with Crippen LogP contribution in [-0.2, 0) is 9.84 Å². The Labute approximate surface area is 114 Å². The summed E-state index contributed by atoms with van der Waals surface area (Å²) < 4.78 is 22.7. The van der Waals surface area contributed by atoms with E-state index >= 15 is 0 Å². The first-order valence-electron chi connectivity index (χ1n) is 5.77. The Morgan fingerprint density at radius 3 is 2.40 bits per heavy atom. The van der Waals surface area contributed by atoms with Gasteiger partial charge in [-0.3, -0.25) is 10.1 Å². The standard InChI is InChI=1S/C11H12N2O6S/c14-11(15)9-7-8(13(16)17)1-2-10(9)12-3-5-20(18,19)6-4-12/h1-2,7H,3-6H2,(H,14,15). The molecule has 8 nitrogen and oxygen atoms in total. The number of hydrogen-bond acceptors (Lipinski definition) is 6. The Bertz CT molecular complexity index is 655. The van der Waals surface area contributed by atoms with Crippen molar-refractivity contribution < 1.29 is 23.2 Å². The van der Waals surface area contributed by atoms with Gasteiger partial charge in [0.2, 0.25) is 0 Å². The Kier molecular flexibility index (Phi) is 3.62. The lowest BCUT2D eigenvalue weighted by Crippen LogP contribution is -2.40. The molecule has 20 heavy (non-hydrogen) atoms. The van der Waals surface area contributed by atoms with Gasteiger partial charge < -0.3 is 10.0 Å². The van der Waals surface area contributed by atoms with Gasteiger partial charge >= 0.3 is 5.97 Å². The molecule has 2 rings (SSSR count). The number of hydrogen-bond donors (Lipinski definition) is 1. The van der Waals surface area contributed by atoms with Crippen molar-refractivity contribution in [2.45, 2.75) is 0 Å². The highest BCUT2D eigenvalue weighted by molar-refractivity contribution is 7.91. The van der Waals surface area contributed by atoms with E-state index < -0.39 is 20.7 Å². The second kappa shape index (κ2) is 5.08. The number of carboxylic acids is 1. The number of nitro benzene ring substituents is 1. The number of nitro groups is 1. The van der Waals surface area contributed by atoms with Gasteiger partial charge in [-0.2, -0.15) is 0 Å². The van der Waals surface area contributed by atoms with Gasteiger partial charge in [-0.15, -0.1) is 0 Å². The highest BCUT2D eigenvalue weighted by Crippen LogP contribution is 2.26. The van der Waals surface area contributed by atoms with Crippen molar-refractivity contribution in [3.05, 3.63) is 33.9 Å². The minimum atomic E-state index is -3.08. The summed E-state index contributed by atoms with van der Waals surface area (Å²) in [6.07, 6.45) is 0. The van der Waals surface area contributed by atoms with Gasteiger partial charge in [0.05, 0.1) is 27.7 Å². The molecular formula is C11H12N2O6S.